The molecule has 5 nitrogen and oxygen atoms in total. The third kappa shape index (κ3) is 2.91. The molecule has 20 heavy (non-hydrogen) atoms. The van der Waals surface area contributed by atoms with Crippen LogP contribution in [0.2, 0.25) is 0 Å². The normalized spacial score (nSPS) is 10.8. The van der Waals surface area contributed by atoms with Gasteiger partial charge >= 0.3 is 5.76 Å². The molecule has 0 atom stereocenters. The van der Waals surface area contributed by atoms with Crippen molar-refractivity contribution >= 4 is 32.8 Å². The smallest absolute Gasteiger partial charge is 0.408 e. The Labute approximate surface area is 123 Å². The van der Waals surface area contributed by atoms with Gasteiger partial charge in [-0.05, 0) is 52.2 Å². The number of fused-ring (bicyclic) bond motifs is 1. The lowest BCUT2D eigenvalue weighted by Gasteiger charge is -2.05. The largest absolute Gasteiger partial charge is 0.417 e. The second kappa shape index (κ2) is 5.50. The summed E-state index contributed by atoms with van der Waals surface area (Å²) in [5, 5.41) is 3.25. The average molecular weight is 334 g/mol. The van der Waals surface area contributed by atoms with E-state index in [1.165, 1.54) is 0 Å². The van der Waals surface area contributed by atoms with Crippen molar-refractivity contribution in [3.63, 3.8) is 0 Å². The molecule has 0 saturated heterocycles. The molecule has 2 N–H and O–H groups in total. The van der Waals surface area contributed by atoms with Gasteiger partial charge in [-0.1, -0.05) is 6.07 Å². The summed E-state index contributed by atoms with van der Waals surface area (Å²) in [5.41, 5.74) is 2.44. The van der Waals surface area contributed by atoms with E-state index < -0.39 is 5.76 Å². The van der Waals surface area contributed by atoms with Gasteiger partial charge in [0.15, 0.2) is 5.58 Å². The molecule has 0 aliphatic carbocycles. The fourth-order valence-electron chi connectivity index (χ4n) is 1.97. The van der Waals surface area contributed by atoms with E-state index in [1.54, 1.807) is 12.3 Å². The summed E-state index contributed by atoms with van der Waals surface area (Å²) in [5.74, 6) is 0.417. The third-order valence-corrected chi connectivity index (χ3v) is 3.40. The molecular formula is C14H12BrN3O2. The molecule has 0 spiro atoms. The number of rotatable bonds is 4. The van der Waals surface area contributed by atoms with Crippen LogP contribution in [0.4, 0.5) is 5.82 Å². The number of nitrogens with zero attached hydrogens (tertiary/aromatic N) is 1. The first-order chi connectivity index (χ1) is 9.70. The molecule has 0 amide bonds. The van der Waals surface area contributed by atoms with E-state index in [1.807, 2.05) is 24.3 Å². The highest BCUT2D eigenvalue weighted by atomic mass is 79.9. The molecule has 6 heteroatoms. The molecule has 0 saturated carbocycles. The first kappa shape index (κ1) is 12.9. The summed E-state index contributed by atoms with van der Waals surface area (Å²) in [7, 11) is 0. The van der Waals surface area contributed by atoms with Gasteiger partial charge in [-0.3, -0.25) is 4.98 Å². The molecule has 0 aliphatic heterocycles. The molecule has 0 radical (unpaired) electrons. The predicted octanol–water partition coefficient (Wildman–Crippen LogP) is 2.93. The highest BCUT2D eigenvalue weighted by Crippen LogP contribution is 2.13. The van der Waals surface area contributed by atoms with Crippen LogP contribution in [-0.2, 0) is 6.42 Å². The number of halogens is 1. The minimum atomic E-state index is -0.422. The molecule has 2 aromatic heterocycles. The van der Waals surface area contributed by atoms with Crippen molar-refractivity contribution in [3.8, 4) is 0 Å². The quantitative estimate of drug-likeness (QED) is 0.770. The van der Waals surface area contributed by atoms with Crippen LogP contribution in [0.25, 0.3) is 11.1 Å². The van der Waals surface area contributed by atoms with Gasteiger partial charge in [0, 0.05) is 17.2 Å². The molecule has 0 unspecified atom stereocenters. The van der Waals surface area contributed by atoms with Crippen molar-refractivity contribution in [2.75, 3.05) is 11.9 Å². The van der Waals surface area contributed by atoms with Crippen LogP contribution < -0.4 is 11.1 Å². The fraction of sp³-hybridized carbons (Fsp3) is 0.143. The van der Waals surface area contributed by atoms with Gasteiger partial charge in [0.25, 0.3) is 0 Å². The van der Waals surface area contributed by atoms with Gasteiger partial charge in [-0.15, -0.1) is 0 Å². The summed E-state index contributed by atoms with van der Waals surface area (Å²) in [4.78, 5) is 18.0. The van der Waals surface area contributed by atoms with E-state index in [-0.39, 0.29) is 0 Å². The van der Waals surface area contributed by atoms with Crippen molar-refractivity contribution in [1.29, 1.82) is 0 Å². The van der Waals surface area contributed by atoms with Crippen molar-refractivity contribution in [3.05, 3.63) is 57.1 Å². The number of nitrogens with one attached hydrogen (secondary N) is 2. The van der Waals surface area contributed by atoms with Gasteiger partial charge in [-0.25, -0.2) is 9.78 Å². The number of aromatic amines is 1. The SMILES string of the molecule is O=c1[nH]c2cc(CCNc3ccc(Br)cn3)ccc2o1. The van der Waals surface area contributed by atoms with E-state index in [0.717, 1.165) is 34.3 Å². The lowest BCUT2D eigenvalue weighted by Crippen LogP contribution is -2.05. The fourth-order valence-corrected chi connectivity index (χ4v) is 2.20. The number of pyridine rings is 1. The van der Waals surface area contributed by atoms with Gasteiger partial charge in [0.2, 0.25) is 0 Å². The minimum absolute atomic E-state index is 0.422. The second-order valence-electron chi connectivity index (χ2n) is 4.38. The van der Waals surface area contributed by atoms with Crippen LogP contribution in [0.15, 0.2) is 50.2 Å². The Morgan fingerprint density at radius 2 is 2.20 bits per heavy atom. The van der Waals surface area contributed by atoms with Crippen LogP contribution in [0.5, 0.6) is 0 Å². The topological polar surface area (TPSA) is 70.9 Å². The molecule has 0 aliphatic rings. The van der Waals surface area contributed by atoms with Gasteiger partial charge in [-0.2, -0.15) is 0 Å². The van der Waals surface area contributed by atoms with E-state index in [2.05, 4.69) is 31.2 Å². The van der Waals surface area contributed by atoms with Gasteiger partial charge in [0.1, 0.15) is 5.82 Å². The third-order valence-electron chi connectivity index (χ3n) is 2.93. The molecule has 0 fully saturated rings. The number of oxazole rings is 1. The Bertz CT molecular complexity index is 777. The number of benzene rings is 1. The summed E-state index contributed by atoms with van der Waals surface area (Å²) in [6.45, 7) is 0.766. The Morgan fingerprint density at radius 1 is 1.30 bits per heavy atom. The Kier molecular flexibility index (Phi) is 3.56. The number of H-pyrrole nitrogens is 1. The van der Waals surface area contributed by atoms with E-state index >= 15 is 0 Å². The zero-order valence-electron chi connectivity index (χ0n) is 10.5. The van der Waals surface area contributed by atoms with Crippen molar-refractivity contribution in [2.24, 2.45) is 0 Å². The maximum atomic E-state index is 11.1. The first-order valence-electron chi connectivity index (χ1n) is 6.18. The number of hydrogen-bond acceptors (Lipinski definition) is 4. The minimum Gasteiger partial charge on any atom is -0.408 e. The van der Waals surface area contributed by atoms with E-state index in [9.17, 15) is 4.79 Å². The predicted molar refractivity (Wildman–Crippen MR) is 81.0 cm³/mol. The van der Waals surface area contributed by atoms with Crippen molar-refractivity contribution in [1.82, 2.24) is 9.97 Å². The summed E-state index contributed by atoms with van der Waals surface area (Å²) >= 11 is 3.35. The van der Waals surface area contributed by atoms with Crippen molar-refractivity contribution in [2.45, 2.75) is 6.42 Å². The number of aromatic nitrogens is 2. The van der Waals surface area contributed by atoms with Crippen LogP contribution in [0.3, 0.4) is 0 Å². The zero-order chi connectivity index (χ0) is 13.9. The summed E-state index contributed by atoms with van der Waals surface area (Å²) in [6.07, 6.45) is 2.59. The summed E-state index contributed by atoms with van der Waals surface area (Å²) in [6, 6.07) is 9.55. The van der Waals surface area contributed by atoms with Crippen LogP contribution in [0.1, 0.15) is 5.56 Å². The second-order valence-corrected chi connectivity index (χ2v) is 5.30. The first-order valence-corrected chi connectivity index (χ1v) is 6.97. The number of anilines is 1. The van der Waals surface area contributed by atoms with E-state index in [0.29, 0.717) is 5.58 Å². The summed E-state index contributed by atoms with van der Waals surface area (Å²) < 4.78 is 5.92. The van der Waals surface area contributed by atoms with Crippen LogP contribution in [-0.4, -0.2) is 16.5 Å². The molecule has 102 valence electrons. The van der Waals surface area contributed by atoms with Crippen molar-refractivity contribution < 1.29 is 4.42 Å². The van der Waals surface area contributed by atoms with Gasteiger partial charge in [0.05, 0.1) is 5.52 Å². The van der Waals surface area contributed by atoms with E-state index in [4.69, 9.17) is 4.42 Å². The highest BCUT2D eigenvalue weighted by molar-refractivity contribution is 9.10. The molecule has 1 aromatic carbocycles. The average Bonchev–Trinajstić information content (AvgIpc) is 2.80. The maximum Gasteiger partial charge on any atom is 0.417 e. The molecular weight excluding hydrogens is 322 g/mol. The molecule has 3 aromatic rings. The maximum absolute atomic E-state index is 11.1. The molecule has 0 bridgehead atoms. The van der Waals surface area contributed by atoms with Crippen LogP contribution in [0, 0.1) is 0 Å². The Hall–Kier alpha value is -2.08. The highest BCUT2D eigenvalue weighted by Gasteiger charge is 2.02. The Balaban J connectivity index is 1.64. The van der Waals surface area contributed by atoms with Crippen LogP contribution >= 0.6 is 15.9 Å². The van der Waals surface area contributed by atoms with Gasteiger partial charge < -0.3 is 9.73 Å². The lowest BCUT2D eigenvalue weighted by molar-refractivity contribution is 0.555. The molecule has 2 heterocycles. The molecule has 3 rings (SSSR count). The monoisotopic (exact) mass is 333 g/mol. The lowest BCUT2D eigenvalue weighted by atomic mass is 10.1. The number of hydrogen-bond donors (Lipinski definition) is 2. The standard InChI is InChI=1S/C14H12BrN3O2/c15-10-2-4-13(17-8-10)16-6-5-9-1-3-12-11(7-9)18-14(19)20-12/h1-4,7-8H,5-6H2,(H,16,17)(H,18,19). The Morgan fingerprint density at radius 3 is 3.00 bits per heavy atom. The zero-order valence-corrected chi connectivity index (χ0v) is 12.1.